The van der Waals surface area contributed by atoms with Crippen molar-refractivity contribution >= 4 is 24.4 Å². The molecule has 3 rings (SSSR count). The lowest BCUT2D eigenvalue weighted by molar-refractivity contribution is -0.182. The van der Waals surface area contributed by atoms with E-state index < -0.39 is 60.6 Å². The van der Waals surface area contributed by atoms with E-state index in [-0.39, 0.29) is 6.10 Å². The van der Waals surface area contributed by atoms with Crippen molar-refractivity contribution in [2.24, 2.45) is 0 Å². The standard InChI is InChI=1S/C22H29FN3O8PS/c1-14(2)32-18(28)15(3)25-35(36,34-16-8-6-5-7-9-16)31-13-22(23)12-21(4,30)19(33-22)26-11-10-17(27)24-20(26)29/h5-11,14-15,19,30H,12-13H2,1-4H3,(H,25,36)(H,24,27,29)/t15?,19-,21-,22+,35?/m1/s1. The summed E-state index contributed by atoms with van der Waals surface area (Å²) in [6.07, 6.45) is -1.32. The fourth-order valence-corrected chi connectivity index (χ4v) is 5.97. The van der Waals surface area contributed by atoms with Crippen LogP contribution < -0.4 is 20.9 Å². The summed E-state index contributed by atoms with van der Waals surface area (Å²) in [5.74, 6) is -2.87. The molecule has 0 aliphatic carbocycles. The molecule has 0 saturated carbocycles. The first-order chi connectivity index (χ1) is 16.7. The van der Waals surface area contributed by atoms with E-state index in [1.165, 1.54) is 13.8 Å². The number of para-hydroxylation sites is 1. The third kappa shape index (κ3) is 7.09. The lowest BCUT2D eigenvalue weighted by atomic mass is 9.99. The molecule has 5 atom stereocenters. The van der Waals surface area contributed by atoms with Crippen molar-refractivity contribution in [1.82, 2.24) is 14.6 Å². The Bertz CT molecular complexity index is 1240. The van der Waals surface area contributed by atoms with Crippen molar-refractivity contribution in [2.45, 2.75) is 63.9 Å². The molecule has 1 aliphatic rings. The number of nitrogens with zero attached hydrogens (tertiary/aromatic N) is 1. The minimum Gasteiger partial charge on any atom is -0.462 e. The lowest BCUT2D eigenvalue weighted by Crippen LogP contribution is -2.40. The number of nitrogens with one attached hydrogen (secondary N) is 2. The smallest absolute Gasteiger partial charge is 0.330 e. The fourth-order valence-electron chi connectivity index (χ4n) is 3.56. The van der Waals surface area contributed by atoms with Gasteiger partial charge in [0.2, 0.25) is 5.85 Å². The van der Waals surface area contributed by atoms with E-state index >= 15 is 4.39 Å². The van der Waals surface area contributed by atoms with Crippen molar-refractivity contribution in [1.29, 1.82) is 0 Å². The van der Waals surface area contributed by atoms with Crippen LogP contribution in [-0.4, -0.2) is 50.8 Å². The van der Waals surface area contributed by atoms with Gasteiger partial charge in [-0.15, -0.1) is 0 Å². The van der Waals surface area contributed by atoms with Gasteiger partial charge in [-0.3, -0.25) is 19.1 Å². The zero-order chi connectivity index (χ0) is 26.7. The highest BCUT2D eigenvalue weighted by atomic mass is 32.5. The lowest BCUT2D eigenvalue weighted by Gasteiger charge is -2.29. The van der Waals surface area contributed by atoms with Gasteiger partial charge >= 0.3 is 18.3 Å². The van der Waals surface area contributed by atoms with Crippen LogP contribution in [0.1, 0.15) is 40.3 Å². The van der Waals surface area contributed by atoms with Gasteiger partial charge in [-0.1, -0.05) is 18.2 Å². The number of alkyl halides is 1. The quantitative estimate of drug-likeness (QED) is 0.300. The van der Waals surface area contributed by atoms with Gasteiger partial charge in [0.1, 0.15) is 24.0 Å². The molecule has 0 spiro atoms. The van der Waals surface area contributed by atoms with Crippen LogP contribution in [-0.2, 0) is 30.6 Å². The molecule has 1 saturated heterocycles. The monoisotopic (exact) mass is 545 g/mol. The number of hydrogen-bond acceptors (Lipinski definition) is 9. The van der Waals surface area contributed by atoms with Crippen LogP contribution in [0.5, 0.6) is 5.75 Å². The van der Waals surface area contributed by atoms with E-state index in [0.29, 0.717) is 5.75 Å². The minimum absolute atomic E-state index is 0.322. The normalized spacial score (nSPS) is 26.4. The summed E-state index contributed by atoms with van der Waals surface area (Å²) in [5.41, 5.74) is -3.38. The Kier molecular flexibility index (Phi) is 8.54. The third-order valence-corrected chi connectivity index (χ3v) is 7.54. The van der Waals surface area contributed by atoms with Crippen LogP contribution in [0.15, 0.2) is 52.2 Å². The van der Waals surface area contributed by atoms with Crippen LogP contribution in [0, 0.1) is 0 Å². The highest BCUT2D eigenvalue weighted by molar-refractivity contribution is 8.09. The van der Waals surface area contributed by atoms with E-state index in [2.05, 4.69) is 5.09 Å². The maximum Gasteiger partial charge on any atom is 0.330 e. The molecule has 1 aromatic heterocycles. The molecule has 2 heterocycles. The van der Waals surface area contributed by atoms with Gasteiger partial charge in [-0.2, -0.15) is 0 Å². The molecule has 14 heteroatoms. The molecule has 11 nitrogen and oxygen atoms in total. The van der Waals surface area contributed by atoms with Gasteiger partial charge in [0.05, 0.1) is 6.10 Å². The van der Waals surface area contributed by atoms with Gasteiger partial charge in [0.15, 0.2) is 6.23 Å². The Balaban J connectivity index is 1.81. The van der Waals surface area contributed by atoms with E-state index in [1.54, 1.807) is 44.2 Å². The summed E-state index contributed by atoms with van der Waals surface area (Å²) < 4.78 is 38.8. The average Bonchev–Trinajstić information content (AvgIpc) is 3.01. The molecule has 0 radical (unpaired) electrons. The SMILES string of the molecule is CC(C)OC(=O)C(C)NP(=S)(OC[C@]1(F)C[C@@](C)(O)[C@H](n2ccc(=O)[nH]c2=O)O1)Oc1ccccc1. The van der Waals surface area contributed by atoms with Crippen LogP contribution in [0.4, 0.5) is 4.39 Å². The van der Waals surface area contributed by atoms with E-state index in [4.69, 9.17) is 30.3 Å². The largest absolute Gasteiger partial charge is 0.462 e. The Hall–Kier alpha value is -2.41. The number of ether oxygens (including phenoxy) is 2. The second-order valence-corrected chi connectivity index (χ2v) is 12.1. The van der Waals surface area contributed by atoms with Crippen molar-refractivity contribution in [2.75, 3.05) is 6.61 Å². The van der Waals surface area contributed by atoms with Gasteiger partial charge < -0.3 is 23.6 Å². The van der Waals surface area contributed by atoms with Crippen LogP contribution in [0.25, 0.3) is 0 Å². The topological polar surface area (TPSA) is 141 Å². The van der Waals surface area contributed by atoms with Crippen LogP contribution in [0.2, 0.25) is 0 Å². The van der Waals surface area contributed by atoms with Gasteiger partial charge in [-0.25, -0.2) is 14.3 Å². The molecule has 2 aromatic rings. The number of hydrogen-bond donors (Lipinski definition) is 3. The molecule has 1 aliphatic heterocycles. The second kappa shape index (κ2) is 10.9. The summed E-state index contributed by atoms with van der Waals surface area (Å²) in [5, 5.41) is 13.6. The first-order valence-electron chi connectivity index (χ1n) is 11.1. The number of aliphatic hydroxyl groups is 1. The average molecular weight is 546 g/mol. The number of halogens is 1. The zero-order valence-electron chi connectivity index (χ0n) is 20.2. The maximum atomic E-state index is 15.8. The highest BCUT2D eigenvalue weighted by Crippen LogP contribution is 2.50. The molecule has 36 heavy (non-hydrogen) atoms. The summed E-state index contributed by atoms with van der Waals surface area (Å²) in [7, 11) is 0. The minimum atomic E-state index is -3.57. The van der Waals surface area contributed by atoms with E-state index in [9.17, 15) is 19.5 Å². The van der Waals surface area contributed by atoms with E-state index in [1.807, 2.05) is 4.98 Å². The molecule has 0 bridgehead atoms. The number of rotatable bonds is 10. The maximum absolute atomic E-state index is 15.8. The molecule has 3 N–H and O–H groups in total. The number of carbonyl (C=O) groups excluding carboxylic acids is 1. The predicted molar refractivity (Wildman–Crippen MR) is 132 cm³/mol. The Labute approximate surface area is 211 Å². The van der Waals surface area contributed by atoms with Gasteiger partial charge in [-0.05, 0) is 51.6 Å². The number of esters is 1. The summed E-state index contributed by atoms with van der Waals surface area (Å²) in [6, 6.07) is 8.49. The van der Waals surface area contributed by atoms with Crippen molar-refractivity contribution in [3.05, 3.63) is 63.4 Å². The molecule has 1 aromatic carbocycles. The summed E-state index contributed by atoms with van der Waals surface area (Å²) in [4.78, 5) is 37.9. The molecule has 1 fully saturated rings. The highest BCUT2D eigenvalue weighted by Gasteiger charge is 2.55. The third-order valence-electron chi connectivity index (χ3n) is 5.06. The molecule has 2 unspecified atom stereocenters. The van der Waals surface area contributed by atoms with Gasteiger partial charge in [0.25, 0.3) is 5.56 Å². The Morgan fingerprint density at radius 3 is 2.61 bits per heavy atom. The number of H-pyrrole nitrogens is 1. The van der Waals surface area contributed by atoms with E-state index in [0.717, 1.165) is 16.8 Å². The molecular weight excluding hydrogens is 516 g/mol. The van der Waals surface area contributed by atoms with Crippen LogP contribution in [0.3, 0.4) is 0 Å². The second-order valence-electron chi connectivity index (χ2n) is 8.92. The Morgan fingerprint density at radius 2 is 2.00 bits per heavy atom. The number of carbonyl (C=O) groups is 1. The number of aromatic nitrogens is 2. The summed E-state index contributed by atoms with van der Waals surface area (Å²) in [6.45, 7) is 1.81. The summed E-state index contributed by atoms with van der Waals surface area (Å²) >= 11 is 5.56. The number of benzene rings is 1. The first-order valence-corrected chi connectivity index (χ1v) is 13.7. The zero-order valence-corrected chi connectivity index (χ0v) is 21.9. The Morgan fingerprint density at radius 1 is 1.33 bits per heavy atom. The molecule has 198 valence electrons. The molecule has 0 amide bonds. The first kappa shape index (κ1) is 28.2. The number of aromatic amines is 1. The van der Waals surface area contributed by atoms with Crippen molar-refractivity contribution in [3.63, 3.8) is 0 Å². The van der Waals surface area contributed by atoms with Crippen LogP contribution >= 0.6 is 6.64 Å². The van der Waals surface area contributed by atoms with Crippen molar-refractivity contribution < 1.29 is 32.8 Å². The molecular formula is C22H29FN3O8PS. The predicted octanol–water partition coefficient (Wildman–Crippen LogP) is 2.12. The van der Waals surface area contributed by atoms with Gasteiger partial charge in [0, 0.05) is 18.7 Å². The fraction of sp³-hybridized carbons (Fsp3) is 0.500. The van der Waals surface area contributed by atoms with Crippen molar-refractivity contribution in [3.8, 4) is 5.75 Å².